The molecule has 1 aromatic heterocycles. The van der Waals surface area contributed by atoms with E-state index in [1.807, 2.05) is 24.3 Å². The van der Waals surface area contributed by atoms with Gasteiger partial charge < -0.3 is 19.8 Å². The summed E-state index contributed by atoms with van der Waals surface area (Å²) in [6, 6.07) is 13.0. The van der Waals surface area contributed by atoms with E-state index in [4.69, 9.17) is 9.47 Å². The van der Waals surface area contributed by atoms with Crippen LogP contribution in [0.4, 0.5) is 0 Å². The third-order valence-corrected chi connectivity index (χ3v) is 4.84. The summed E-state index contributed by atoms with van der Waals surface area (Å²) in [5, 5.41) is 3.32. The number of hydrogen-bond donors (Lipinski definition) is 2. The van der Waals surface area contributed by atoms with Crippen molar-refractivity contribution in [3.05, 3.63) is 70.0 Å². The largest absolute Gasteiger partial charge is 0.497 e. The molecular weight excluding hydrogens is 344 g/mol. The smallest absolute Gasteiger partial charge is 0.256 e. The number of carbonyl (C=O) groups is 1. The molecule has 2 heterocycles. The Morgan fingerprint density at radius 2 is 2.15 bits per heavy atom. The molecule has 0 saturated heterocycles. The number of fused-ring (bicyclic) bond motifs is 2. The van der Waals surface area contributed by atoms with Crippen LogP contribution in [-0.2, 0) is 6.42 Å². The first-order chi connectivity index (χ1) is 13.2. The van der Waals surface area contributed by atoms with Gasteiger partial charge in [0.1, 0.15) is 17.1 Å². The van der Waals surface area contributed by atoms with Crippen LogP contribution in [0.2, 0.25) is 0 Å². The molecule has 2 aromatic carbocycles. The summed E-state index contributed by atoms with van der Waals surface area (Å²) in [7, 11) is 1.56. The van der Waals surface area contributed by atoms with Gasteiger partial charge in [0.25, 0.3) is 5.91 Å². The summed E-state index contributed by atoms with van der Waals surface area (Å²) in [5.41, 5.74) is 1.58. The van der Waals surface area contributed by atoms with Crippen molar-refractivity contribution >= 4 is 16.8 Å². The zero-order valence-electron chi connectivity index (χ0n) is 15.0. The molecule has 2 N–H and O–H groups in total. The Bertz CT molecular complexity index is 1060. The van der Waals surface area contributed by atoms with Crippen LogP contribution >= 0.6 is 0 Å². The number of amides is 1. The first-order valence-corrected chi connectivity index (χ1v) is 8.84. The molecule has 138 valence electrons. The second-order valence-electron chi connectivity index (χ2n) is 6.64. The third kappa shape index (κ3) is 3.38. The van der Waals surface area contributed by atoms with Gasteiger partial charge in [0.15, 0.2) is 0 Å². The van der Waals surface area contributed by atoms with E-state index in [0.717, 1.165) is 17.7 Å². The van der Waals surface area contributed by atoms with Gasteiger partial charge in [0.05, 0.1) is 19.2 Å². The number of benzene rings is 2. The van der Waals surface area contributed by atoms with Crippen LogP contribution < -0.4 is 20.2 Å². The summed E-state index contributed by atoms with van der Waals surface area (Å²) >= 11 is 0. The number of hydrogen-bond acceptors (Lipinski definition) is 4. The number of nitrogens with one attached hydrogen (secondary N) is 2. The predicted octanol–water partition coefficient (Wildman–Crippen LogP) is 2.52. The average Bonchev–Trinajstić information content (AvgIpc) is 2.71. The van der Waals surface area contributed by atoms with Crippen LogP contribution in [0.1, 0.15) is 15.9 Å². The Hall–Kier alpha value is -3.28. The summed E-state index contributed by atoms with van der Waals surface area (Å²) in [4.78, 5) is 28.2. The van der Waals surface area contributed by atoms with E-state index in [0.29, 0.717) is 29.8 Å². The maximum Gasteiger partial charge on any atom is 0.256 e. The summed E-state index contributed by atoms with van der Waals surface area (Å²) in [5.74, 6) is 1.34. The Balaban J connectivity index is 1.47. The van der Waals surface area contributed by atoms with Gasteiger partial charge >= 0.3 is 0 Å². The van der Waals surface area contributed by atoms with Crippen LogP contribution in [0.5, 0.6) is 11.5 Å². The second-order valence-corrected chi connectivity index (χ2v) is 6.64. The number of methoxy groups -OCH3 is 1. The summed E-state index contributed by atoms with van der Waals surface area (Å²) < 4.78 is 10.9. The fraction of sp³-hybridized carbons (Fsp3) is 0.238. The highest BCUT2D eigenvalue weighted by Crippen LogP contribution is 2.26. The zero-order chi connectivity index (χ0) is 18.8. The number of carbonyl (C=O) groups excluding carboxylic acids is 1. The molecule has 0 aliphatic carbocycles. The van der Waals surface area contributed by atoms with Crippen molar-refractivity contribution in [3.63, 3.8) is 0 Å². The lowest BCUT2D eigenvalue weighted by molar-refractivity contribution is 0.0938. The van der Waals surface area contributed by atoms with Crippen LogP contribution in [0.3, 0.4) is 0 Å². The lowest BCUT2D eigenvalue weighted by atomic mass is 9.96. The number of H-pyrrole nitrogens is 1. The van der Waals surface area contributed by atoms with Gasteiger partial charge in [-0.1, -0.05) is 18.2 Å². The predicted molar refractivity (Wildman–Crippen MR) is 103 cm³/mol. The maximum atomic E-state index is 12.6. The summed E-state index contributed by atoms with van der Waals surface area (Å²) in [6.45, 7) is 0.998. The van der Waals surface area contributed by atoms with Crippen LogP contribution in [-0.4, -0.2) is 31.2 Å². The Morgan fingerprint density at radius 3 is 3.00 bits per heavy atom. The molecule has 4 rings (SSSR count). The lowest BCUT2D eigenvalue weighted by Crippen LogP contribution is -2.36. The summed E-state index contributed by atoms with van der Waals surface area (Å²) in [6.07, 6.45) is 2.29. The molecule has 0 unspecified atom stereocenters. The van der Waals surface area contributed by atoms with E-state index in [1.54, 1.807) is 25.3 Å². The van der Waals surface area contributed by atoms with E-state index >= 15 is 0 Å². The lowest BCUT2D eigenvalue weighted by Gasteiger charge is -2.25. The highest BCUT2D eigenvalue weighted by molar-refractivity contribution is 5.97. The molecule has 0 saturated carbocycles. The van der Waals surface area contributed by atoms with Crippen LogP contribution in [0.15, 0.2) is 53.5 Å². The molecule has 27 heavy (non-hydrogen) atoms. The van der Waals surface area contributed by atoms with E-state index in [-0.39, 0.29) is 22.8 Å². The normalized spacial score (nSPS) is 15.7. The van der Waals surface area contributed by atoms with Crippen molar-refractivity contribution in [1.82, 2.24) is 10.3 Å². The quantitative estimate of drug-likeness (QED) is 0.745. The SMILES string of the molecule is COc1ccc2c(=O)c(C(=O)NC[C@H]3COc4ccccc4C3)c[nH]c2c1. The number of aromatic amines is 1. The molecule has 0 radical (unpaired) electrons. The van der Waals surface area contributed by atoms with Gasteiger partial charge in [0, 0.05) is 30.1 Å². The molecule has 1 aliphatic heterocycles. The van der Waals surface area contributed by atoms with Crippen molar-refractivity contribution < 1.29 is 14.3 Å². The second kappa shape index (κ2) is 7.15. The number of pyridine rings is 1. The fourth-order valence-corrected chi connectivity index (χ4v) is 3.35. The monoisotopic (exact) mass is 364 g/mol. The van der Waals surface area contributed by atoms with Crippen LogP contribution in [0, 0.1) is 5.92 Å². The van der Waals surface area contributed by atoms with E-state index in [2.05, 4.69) is 10.3 Å². The van der Waals surface area contributed by atoms with Gasteiger partial charge in [0.2, 0.25) is 5.43 Å². The minimum absolute atomic E-state index is 0.102. The Labute approximate surface area is 156 Å². The molecule has 6 nitrogen and oxygen atoms in total. The fourth-order valence-electron chi connectivity index (χ4n) is 3.35. The van der Waals surface area contributed by atoms with Gasteiger partial charge in [-0.05, 0) is 30.2 Å². The molecule has 1 atom stereocenters. The Morgan fingerprint density at radius 1 is 1.30 bits per heavy atom. The van der Waals surface area contributed by atoms with Crippen LogP contribution in [0.25, 0.3) is 10.9 Å². The van der Waals surface area contributed by atoms with Gasteiger partial charge in [-0.3, -0.25) is 9.59 Å². The third-order valence-electron chi connectivity index (χ3n) is 4.84. The highest BCUT2D eigenvalue weighted by atomic mass is 16.5. The van der Waals surface area contributed by atoms with Gasteiger partial charge in [-0.25, -0.2) is 0 Å². The first-order valence-electron chi connectivity index (χ1n) is 8.84. The standard InChI is InChI=1S/C21H20N2O4/c1-26-15-6-7-16-18(9-15)22-11-17(20(16)24)21(25)23-10-13-8-14-4-2-3-5-19(14)27-12-13/h2-7,9,11,13H,8,10,12H2,1H3,(H,22,24)(H,23,25)/t13-/m0/s1. The van der Waals surface area contributed by atoms with Gasteiger partial charge in [-0.15, -0.1) is 0 Å². The minimum Gasteiger partial charge on any atom is -0.497 e. The van der Waals surface area contributed by atoms with Gasteiger partial charge in [-0.2, -0.15) is 0 Å². The number of para-hydroxylation sites is 1. The number of rotatable bonds is 4. The van der Waals surface area contributed by atoms with Crippen molar-refractivity contribution in [2.24, 2.45) is 5.92 Å². The molecule has 0 fully saturated rings. The molecule has 1 amide bonds. The highest BCUT2D eigenvalue weighted by Gasteiger charge is 2.21. The molecular formula is C21H20N2O4. The maximum absolute atomic E-state index is 12.6. The topological polar surface area (TPSA) is 80.4 Å². The van der Waals surface area contributed by atoms with E-state index in [9.17, 15) is 9.59 Å². The molecule has 1 aliphatic rings. The number of aromatic nitrogens is 1. The Kier molecular flexibility index (Phi) is 4.54. The van der Waals surface area contributed by atoms with Crippen molar-refractivity contribution in [2.75, 3.05) is 20.3 Å². The molecule has 0 bridgehead atoms. The average molecular weight is 364 g/mol. The minimum atomic E-state index is -0.382. The van der Waals surface area contributed by atoms with Crippen molar-refractivity contribution in [2.45, 2.75) is 6.42 Å². The molecule has 6 heteroatoms. The molecule has 0 spiro atoms. The molecule has 3 aromatic rings. The zero-order valence-corrected chi connectivity index (χ0v) is 15.0. The van der Waals surface area contributed by atoms with E-state index < -0.39 is 0 Å². The first kappa shape index (κ1) is 17.1. The number of ether oxygens (including phenoxy) is 2. The van der Waals surface area contributed by atoms with Crippen molar-refractivity contribution in [3.8, 4) is 11.5 Å². The van der Waals surface area contributed by atoms with Crippen molar-refractivity contribution in [1.29, 1.82) is 0 Å². The van der Waals surface area contributed by atoms with E-state index in [1.165, 1.54) is 6.20 Å².